The summed E-state index contributed by atoms with van der Waals surface area (Å²) in [5.74, 6) is 0.860. The smallest absolute Gasteiger partial charge is 0.247 e. The molecule has 3 rings (SSSR count). The van der Waals surface area contributed by atoms with Crippen LogP contribution in [-0.4, -0.2) is 28.7 Å². The molecular weight excluding hydrogens is 268 g/mol. The van der Waals surface area contributed by atoms with Crippen LogP contribution in [0.5, 0.6) is 0 Å². The van der Waals surface area contributed by atoms with Gasteiger partial charge < -0.3 is 15.1 Å². The lowest BCUT2D eigenvalue weighted by molar-refractivity contribution is -0.118. The Morgan fingerprint density at radius 2 is 2.33 bits per heavy atom. The summed E-state index contributed by atoms with van der Waals surface area (Å²) in [5.41, 5.74) is 2.62. The van der Waals surface area contributed by atoms with Gasteiger partial charge in [0.05, 0.1) is 6.04 Å². The van der Waals surface area contributed by atoms with E-state index in [0.717, 1.165) is 29.8 Å². The molecule has 1 amide bonds. The van der Waals surface area contributed by atoms with Crippen molar-refractivity contribution in [1.29, 1.82) is 0 Å². The summed E-state index contributed by atoms with van der Waals surface area (Å²) in [4.78, 5) is 12.3. The average molecular weight is 286 g/mol. The molecule has 0 spiro atoms. The highest BCUT2D eigenvalue weighted by molar-refractivity contribution is 5.96. The van der Waals surface area contributed by atoms with Crippen LogP contribution in [-0.2, 0) is 4.79 Å². The molecule has 1 fully saturated rings. The summed E-state index contributed by atoms with van der Waals surface area (Å²) in [7, 11) is 0. The highest BCUT2D eigenvalue weighted by Crippen LogP contribution is 2.24. The lowest BCUT2D eigenvalue weighted by Crippen LogP contribution is -2.39. The minimum atomic E-state index is -0.111. The van der Waals surface area contributed by atoms with E-state index in [0.29, 0.717) is 11.8 Å². The molecule has 2 N–H and O–H groups in total. The highest BCUT2D eigenvalue weighted by Gasteiger charge is 2.29. The van der Waals surface area contributed by atoms with Gasteiger partial charge >= 0.3 is 0 Å². The van der Waals surface area contributed by atoms with Crippen molar-refractivity contribution in [3.05, 3.63) is 30.2 Å². The first-order valence-corrected chi connectivity index (χ1v) is 7.06. The number of rotatable bonds is 3. The zero-order chi connectivity index (χ0) is 14.8. The first-order chi connectivity index (χ1) is 10.1. The van der Waals surface area contributed by atoms with Crippen LogP contribution in [0.15, 0.2) is 29.0 Å². The third-order valence-corrected chi connectivity index (χ3v) is 3.91. The molecule has 0 aliphatic carbocycles. The van der Waals surface area contributed by atoms with Crippen molar-refractivity contribution in [2.45, 2.75) is 26.3 Å². The predicted molar refractivity (Wildman–Crippen MR) is 78.7 cm³/mol. The van der Waals surface area contributed by atoms with Crippen molar-refractivity contribution >= 4 is 11.6 Å². The van der Waals surface area contributed by atoms with E-state index in [2.05, 4.69) is 27.8 Å². The Kier molecular flexibility index (Phi) is 3.70. The molecule has 0 saturated carbocycles. The average Bonchev–Trinajstić information content (AvgIpc) is 3.12. The minimum absolute atomic E-state index is 0.0219. The second-order valence-electron chi connectivity index (χ2n) is 5.46. The second kappa shape index (κ2) is 5.65. The van der Waals surface area contributed by atoms with Gasteiger partial charge in [0.1, 0.15) is 0 Å². The molecule has 1 aliphatic rings. The first-order valence-electron chi connectivity index (χ1n) is 7.06. The number of benzene rings is 1. The molecule has 1 aromatic heterocycles. The summed E-state index contributed by atoms with van der Waals surface area (Å²) in [5, 5.41) is 13.8. The van der Waals surface area contributed by atoms with Gasteiger partial charge in [0.2, 0.25) is 18.2 Å². The first kappa shape index (κ1) is 13.8. The Bertz CT molecular complexity index is 639. The van der Waals surface area contributed by atoms with E-state index in [-0.39, 0.29) is 11.9 Å². The normalized spacial score (nSPS) is 21.4. The number of nitrogens with zero attached hydrogens (tertiary/aromatic N) is 2. The maximum absolute atomic E-state index is 12.3. The standard InChI is InChI=1S/C15H18N4O2/c1-9-5-6-16-13(9)14(20)18-12-4-3-11(7-10(12)2)15-19-17-8-21-15/h3-4,7-9,13,16H,5-6H2,1-2H3,(H,18,20). The van der Waals surface area contributed by atoms with E-state index in [4.69, 9.17) is 4.42 Å². The van der Waals surface area contributed by atoms with Crippen molar-refractivity contribution in [3.63, 3.8) is 0 Å². The van der Waals surface area contributed by atoms with Gasteiger partial charge in [-0.3, -0.25) is 4.79 Å². The SMILES string of the molecule is Cc1cc(-c2nnco2)ccc1NC(=O)C1NCCC1C. The van der Waals surface area contributed by atoms with Crippen LogP contribution in [0.25, 0.3) is 11.5 Å². The molecule has 6 nitrogen and oxygen atoms in total. The molecule has 2 atom stereocenters. The molecule has 1 saturated heterocycles. The fraction of sp³-hybridized carbons (Fsp3) is 0.400. The third kappa shape index (κ3) is 2.80. The predicted octanol–water partition coefficient (Wildman–Crippen LogP) is 1.98. The molecule has 21 heavy (non-hydrogen) atoms. The number of carbonyl (C=O) groups excluding carboxylic acids is 1. The van der Waals surface area contributed by atoms with Crippen LogP contribution in [0.3, 0.4) is 0 Å². The van der Waals surface area contributed by atoms with Crippen LogP contribution in [0.1, 0.15) is 18.9 Å². The van der Waals surface area contributed by atoms with E-state index in [1.165, 1.54) is 6.39 Å². The van der Waals surface area contributed by atoms with Crippen molar-refractivity contribution in [1.82, 2.24) is 15.5 Å². The maximum Gasteiger partial charge on any atom is 0.247 e. The van der Waals surface area contributed by atoms with Crippen LogP contribution in [0.2, 0.25) is 0 Å². The maximum atomic E-state index is 12.3. The number of aromatic nitrogens is 2. The molecular formula is C15H18N4O2. The number of aryl methyl sites for hydroxylation is 1. The van der Waals surface area contributed by atoms with Gasteiger partial charge in [-0.05, 0) is 49.6 Å². The van der Waals surface area contributed by atoms with Gasteiger partial charge in [-0.25, -0.2) is 0 Å². The Labute approximate surface area is 123 Å². The Balaban J connectivity index is 1.76. The topological polar surface area (TPSA) is 80.1 Å². The molecule has 2 heterocycles. The fourth-order valence-corrected chi connectivity index (χ4v) is 2.63. The fourth-order valence-electron chi connectivity index (χ4n) is 2.63. The number of amides is 1. The zero-order valence-electron chi connectivity index (χ0n) is 12.1. The van der Waals surface area contributed by atoms with E-state index in [1.54, 1.807) is 0 Å². The quantitative estimate of drug-likeness (QED) is 0.902. The minimum Gasteiger partial charge on any atom is -0.423 e. The van der Waals surface area contributed by atoms with Gasteiger partial charge in [-0.15, -0.1) is 10.2 Å². The Hall–Kier alpha value is -2.21. The summed E-state index contributed by atoms with van der Waals surface area (Å²) in [6.07, 6.45) is 2.33. The molecule has 2 aromatic rings. The van der Waals surface area contributed by atoms with E-state index >= 15 is 0 Å². The number of nitrogens with one attached hydrogen (secondary N) is 2. The van der Waals surface area contributed by atoms with Gasteiger partial charge in [-0.2, -0.15) is 0 Å². The van der Waals surface area contributed by atoms with Gasteiger partial charge in [0.15, 0.2) is 0 Å². The number of anilines is 1. The highest BCUT2D eigenvalue weighted by atomic mass is 16.4. The molecule has 1 aliphatic heterocycles. The molecule has 0 radical (unpaired) electrons. The van der Waals surface area contributed by atoms with E-state index in [9.17, 15) is 4.79 Å². The molecule has 1 aromatic carbocycles. The number of hydrogen-bond donors (Lipinski definition) is 2. The van der Waals surface area contributed by atoms with Gasteiger partial charge in [-0.1, -0.05) is 6.92 Å². The van der Waals surface area contributed by atoms with Crippen molar-refractivity contribution in [2.75, 3.05) is 11.9 Å². The van der Waals surface area contributed by atoms with Crippen LogP contribution < -0.4 is 10.6 Å². The monoisotopic (exact) mass is 286 g/mol. The summed E-state index contributed by atoms with van der Waals surface area (Å²) in [6, 6.07) is 5.54. The Morgan fingerprint density at radius 3 is 2.95 bits per heavy atom. The Morgan fingerprint density at radius 1 is 1.48 bits per heavy atom. The van der Waals surface area contributed by atoms with Crippen molar-refractivity contribution in [3.8, 4) is 11.5 Å². The molecule has 2 unspecified atom stereocenters. The van der Waals surface area contributed by atoms with Crippen LogP contribution in [0, 0.1) is 12.8 Å². The van der Waals surface area contributed by atoms with Crippen molar-refractivity contribution in [2.24, 2.45) is 5.92 Å². The number of carbonyl (C=O) groups is 1. The molecule has 0 bridgehead atoms. The summed E-state index contributed by atoms with van der Waals surface area (Å²) in [6.45, 7) is 4.94. The van der Waals surface area contributed by atoms with Crippen LogP contribution in [0.4, 0.5) is 5.69 Å². The largest absolute Gasteiger partial charge is 0.423 e. The van der Waals surface area contributed by atoms with Gasteiger partial charge in [0.25, 0.3) is 0 Å². The van der Waals surface area contributed by atoms with E-state index in [1.807, 2.05) is 25.1 Å². The molecule has 6 heteroatoms. The molecule has 110 valence electrons. The van der Waals surface area contributed by atoms with Gasteiger partial charge in [0, 0.05) is 11.3 Å². The second-order valence-corrected chi connectivity index (χ2v) is 5.46. The lowest BCUT2D eigenvalue weighted by Gasteiger charge is -2.16. The number of hydrogen-bond acceptors (Lipinski definition) is 5. The van der Waals surface area contributed by atoms with E-state index < -0.39 is 0 Å². The summed E-state index contributed by atoms with van der Waals surface area (Å²) < 4.78 is 5.17. The lowest BCUT2D eigenvalue weighted by atomic mass is 10.0. The van der Waals surface area contributed by atoms with Crippen LogP contribution >= 0.6 is 0 Å². The van der Waals surface area contributed by atoms with Crippen molar-refractivity contribution < 1.29 is 9.21 Å². The zero-order valence-corrected chi connectivity index (χ0v) is 12.1. The summed E-state index contributed by atoms with van der Waals surface area (Å²) >= 11 is 0. The third-order valence-electron chi connectivity index (χ3n) is 3.91.